The Morgan fingerprint density at radius 2 is 2.05 bits per heavy atom. The van der Waals surface area contributed by atoms with E-state index in [1.807, 2.05) is 18.2 Å². The number of phenolic OH excluding ortho intramolecular Hbond substituents is 1. The van der Waals surface area contributed by atoms with E-state index in [-0.39, 0.29) is 18.1 Å². The summed E-state index contributed by atoms with van der Waals surface area (Å²) in [6.07, 6.45) is 1.68. The van der Waals surface area contributed by atoms with Crippen LogP contribution in [0.5, 0.6) is 5.75 Å². The molecule has 1 heterocycles. The second-order valence-corrected chi connectivity index (χ2v) is 5.03. The third kappa shape index (κ3) is 2.76. The smallest absolute Gasteiger partial charge is 0.123 e. The van der Waals surface area contributed by atoms with Gasteiger partial charge in [-0.3, -0.25) is 4.98 Å². The van der Waals surface area contributed by atoms with Crippen LogP contribution >= 0.6 is 11.6 Å². The van der Waals surface area contributed by atoms with Crippen LogP contribution < -0.4 is 5.32 Å². The summed E-state index contributed by atoms with van der Waals surface area (Å²) in [5, 5.41) is 14.3. The quantitative estimate of drug-likeness (QED) is 0.756. The fourth-order valence-electron chi connectivity index (χ4n) is 2.17. The molecule has 0 unspecified atom stereocenters. The molecule has 5 heteroatoms. The molecular weight excluding hydrogens is 291 g/mol. The Labute approximate surface area is 126 Å². The first-order valence-electron chi connectivity index (χ1n) is 6.39. The van der Waals surface area contributed by atoms with Crippen molar-refractivity contribution in [2.75, 3.05) is 5.32 Å². The summed E-state index contributed by atoms with van der Waals surface area (Å²) in [4.78, 5) is 4.31. The van der Waals surface area contributed by atoms with Gasteiger partial charge in [-0.15, -0.1) is 0 Å². The Morgan fingerprint density at radius 3 is 2.90 bits per heavy atom. The topological polar surface area (TPSA) is 45.1 Å². The Morgan fingerprint density at radius 1 is 1.19 bits per heavy atom. The number of pyridine rings is 1. The molecule has 3 aromatic rings. The van der Waals surface area contributed by atoms with Crippen molar-refractivity contribution in [3.8, 4) is 5.75 Å². The molecular formula is C16H12ClFN2O. The van der Waals surface area contributed by atoms with Crippen LogP contribution in [-0.2, 0) is 6.54 Å². The number of fused-ring (bicyclic) bond motifs is 1. The first-order valence-corrected chi connectivity index (χ1v) is 6.77. The van der Waals surface area contributed by atoms with Gasteiger partial charge in [-0.2, -0.15) is 0 Å². The standard InChI is InChI=1S/C16H12ClFN2O/c17-13-4-5-14(16-12(13)2-1-7-19-16)20-9-10-8-11(18)3-6-15(10)21/h1-8,20-21H,9H2. The van der Waals surface area contributed by atoms with E-state index in [0.29, 0.717) is 10.6 Å². The molecule has 21 heavy (non-hydrogen) atoms. The van der Waals surface area contributed by atoms with Crippen molar-refractivity contribution >= 4 is 28.2 Å². The average molecular weight is 303 g/mol. The van der Waals surface area contributed by atoms with Crippen molar-refractivity contribution in [2.45, 2.75) is 6.54 Å². The van der Waals surface area contributed by atoms with Crippen LogP contribution in [0.15, 0.2) is 48.7 Å². The third-order valence-corrected chi connectivity index (χ3v) is 3.56. The number of nitrogens with zero attached hydrogens (tertiary/aromatic N) is 1. The number of halogens is 2. The third-order valence-electron chi connectivity index (χ3n) is 3.23. The van der Waals surface area contributed by atoms with E-state index in [4.69, 9.17) is 11.6 Å². The molecule has 2 aromatic carbocycles. The summed E-state index contributed by atoms with van der Waals surface area (Å²) in [6, 6.07) is 11.1. The van der Waals surface area contributed by atoms with Crippen molar-refractivity contribution < 1.29 is 9.50 Å². The maximum atomic E-state index is 13.2. The van der Waals surface area contributed by atoms with Crippen LogP contribution in [-0.4, -0.2) is 10.1 Å². The molecule has 3 rings (SSSR count). The SMILES string of the molecule is Oc1ccc(F)cc1CNc1ccc(Cl)c2cccnc12. The van der Waals surface area contributed by atoms with Crippen molar-refractivity contribution in [3.05, 3.63) is 65.1 Å². The van der Waals surface area contributed by atoms with Gasteiger partial charge in [-0.25, -0.2) is 4.39 Å². The first-order chi connectivity index (χ1) is 10.1. The number of aromatic hydroxyl groups is 1. The van der Waals surface area contributed by atoms with Gasteiger partial charge in [0.1, 0.15) is 11.6 Å². The highest BCUT2D eigenvalue weighted by molar-refractivity contribution is 6.35. The van der Waals surface area contributed by atoms with E-state index in [9.17, 15) is 9.50 Å². The van der Waals surface area contributed by atoms with E-state index >= 15 is 0 Å². The van der Waals surface area contributed by atoms with E-state index in [1.165, 1.54) is 18.2 Å². The molecule has 0 fully saturated rings. The molecule has 0 spiro atoms. The molecule has 0 aliphatic carbocycles. The van der Waals surface area contributed by atoms with E-state index in [2.05, 4.69) is 10.3 Å². The number of hydrogen-bond donors (Lipinski definition) is 2. The van der Waals surface area contributed by atoms with Gasteiger partial charge in [0.05, 0.1) is 16.2 Å². The highest BCUT2D eigenvalue weighted by atomic mass is 35.5. The zero-order chi connectivity index (χ0) is 14.8. The van der Waals surface area contributed by atoms with Crippen molar-refractivity contribution in [1.82, 2.24) is 4.98 Å². The van der Waals surface area contributed by atoms with Crippen molar-refractivity contribution in [3.63, 3.8) is 0 Å². The van der Waals surface area contributed by atoms with Crippen LogP contribution in [0, 0.1) is 5.82 Å². The van der Waals surface area contributed by atoms with Crippen molar-refractivity contribution in [1.29, 1.82) is 0 Å². The van der Waals surface area contributed by atoms with Crippen molar-refractivity contribution in [2.24, 2.45) is 0 Å². The summed E-state index contributed by atoms with van der Waals surface area (Å²) in [7, 11) is 0. The molecule has 0 saturated carbocycles. The minimum Gasteiger partial charge on any atom is -0.508 e. The molecule has 0 amide bonds. The fourth-order valence-corrected chi connectivity index (χ4v) is 2.38. The van der Waals surface area contributed by atoms with Crippen LogP contribution in [0.25, 0.3) is 10.9 Å². The Bertz CT molecular complexity index is 807. The molecule has 0 aliphatic rings. The molecule has 106 valence electrons. The number of phenols is 1. The van der Waals surface area contributed by atoms with E-state index < -0.39 is 0 Å². The zero-order valence-electron chi connectivity index (χ0n) is 11.0. The van der Waals surface area contributed by atoms with Crippen LogP contribution in [0.3, 0.4) is 0 Å². The van der Waals surface area contributed by atoms with Crippen LogP contribution in [0.2, 0.25) is 5.02 Å². The Kier molecular flexibility index (Phi) is 3.62. The van der Waals surface area contributed by atoms with Gasteiger partial charge in [0, 0.05) is 23.7 Å². The molecule has 1 aromatic heterocycles. The van der Waals surface area contributed by atoms with Gasteiger partial charge in [-0.1, -0.05) is 11.6 Å². The summed E-state index contributed by atoms with van der Waals surface area (Å²) in [5.41, 5.74) is 1.99. The minimum atomic E-state index is -0.385. The summed E-state index contributed by atoms with van der Waals surface area (Å²) >= 11 is 6.13. The fraction of sp³-hybridized carbons (Fsp3) is 0.0625. The zero-order valence-corrected chi connectivity index (χ0v) is 11.7. The summed E-state index contributed by atoms with van der Waals surface area (Å²) in [5.74, 6) is -0.334. The Hall–Kier alpha value is -2.33. The largest absolute Gasteiger partial charge is 0.508 e. The molecule has 0 bridgehead atoms. The van der Waals surface area contributed by atoms with Gasteiger partial charge in [0.15, 0.2) is 0 Å². The van der Waals surface area contributed by atoms with Gasteiger partial charge in [0.25, 0.3) is 0 Å². The number of hydrogen-bond acceptors (Lipinski definition) is 3. The average Bonchev–Trinajstić information content (AvgIpc) is 2.50. The first kappa shape index (κ1) is 13.6. The van der Waals surface area contributed by atoms with E-state index in [1.54, 1.807) is 12.3 Å². The van der Waals surface area contributed by atoms with Crippen LogP contribution in [0.4, 0.5) is 10.1 Å². The predicted octanol–water partition coefficient (Wildman–Crippen LogP) is 4.35. The lowest BCUT2D eigenvalue weighted by atomic mass is 10.1. The van der Waals surface area contributed by atoms with Crippen LogP contribution in [0.1, 0.15) is 5.56 Å². The normalized spacial score (nSPS) is 10.8. The monoisotopic (exact) mass is 302 g/mol. The lowest BCUT2D eigenvalue weighted by Gasteiger charge is -2.11. The number of rotatable bonds is 3. The number of nitrogens with one attached hydrogen (secondary N) is 1. The summed E-state index contributed by atoms with van der Waals surface area (Å²) in [6.45, 7) is 0.289. The number of aromatic nitrogens is 1. The second-order valence-electron chi connectivity index (χ2n) is 4.62. The maximum Gasteiger partial charge on any atom is 0.123 e. The molecule has 0 aliphatic heterocycles. The number of anilines is 1. The molecule has 0 saturated heterocycles. The second kappa shape index (κ2) is 5.58. The summed E-state index contributed by atoms with van der Waals surface area (Å²) < 4.78 is 13.2. The maximum absolute atomic E-state index is 13.2. The van der Waals surface area contributed by atoms with Gasteiger partial charge in [0.2, 0.25) is 0 Å². The Balaban J connectivity index is 1.92. The van der Waals surface area contributed by atoms with Gasteiger partial charge in [-0.05, 0) is 42.5 Å². The molecule has 2 N–H and O–H groups in total. The lowest BCUT2D eigenvalue weighted by Crippen LogP contribution is -2.01. The van der Waals surface area contributed by atoms with Gasteiger partial charge < -0.3 is 10.4 Å². The van der Waals surface area contributed by atoms with E-state index in [0.717, 1.165) is 16.6 Å². The predicted molar refractivity (Wildman–Crippen MR) is 82.1 cm³/mol. The molecule has 0 atom stereocenters. The minimum absolute atomic E-state index is 0.0510. The molecule has 0 radical (unpaired) electrons. The highest BCUT2D eigenvalue weighted by Gasteiger charge is 2.07. The highest BCUT2D eigenvalue weighted by Crippen LogP contribution is 2.29. The number of benzene rings is 2. The lowest BCUT2D eigenvalue weighted by molar-refractivity contribution is 0.466. The van der Waals surface area contributed by atoms with Gasteiger partial charge >= 0.3 is 0 Å². The molecule has 3 nitrogen and oxygen atoms in total.